The maximum Gasteiger partial charge on any atom is 0.309 e. The van der Waals surface area contributed by atoms with E-state index >= 15 is 0 Å². The van der Waals surface area contributed by atoms with Crippen LogP contribution in [0.25, 0.3) is 0 Å². The summed E-state index contributed by atoms with van der Waals surface area (Å²) in [5.74, 6) is -0.229. The third-order valence-corrected chi connectivity index (χ3v) is 6.47. The molecule has 146 valence electrons. The molecule has 2 saturated heterocycles. The smallest absolute Gasteiger partial charge is 0.309 e. The molecular weight excluding hydrogens is 346 g/mol. The quantitative estimate of drug-likeness (QED) is 0.881. The topological polar surface area (TPSA) is 76.1 Å². The molecule has 27 heavy (non-hydrogen) atoms. The number of fused-ring (bicyclic) bond motifs is 1. The van der Waals surface area contributed by atoms with Crippen LogP contribution in [0.2, 0.25) is 0 Å². The van der Waals surface area contributed by atoms with Crippen LogP contribution >= 0.6 is 0 Å². The lowest BCUT2D eigenvalue weighted by atomic mass is 9.84. The zero-order valence-corrected chi connectivity index (χ0v) is 15.9. The first-order valence-corrected chi connectivity index (χ1v) is 9.83. The van der Waals surface area contributed by atoms with Crippen molar-refractivity contribution in [3.05, 3.63) is 28.8 Å². The Kier molecular flexibility index (Phi) is 4.84. The molecule has 3 aliphatic heterocycles. The second-order valence-electron chi connectivity index (χ2n) is 8.07. The average Bonchev–Trinajstić information content (AvgIpc) is 3.29. The van der Waals surface area contributed by atoms with Gasteiger partial charge in [-0.15, -0.1) is 0 Å². The Labute approximate surface area is 159 Å². The molecule has 1 aromatic carbocycles. The van der Waals surface area contributed by atoms with Crippen molar-refractivity contribution in [2.75, 3.05) is 26.3 Å². The van der Waals surface area contributed by atoms with Gasteiger partial charge < -0.3 is 19.5 Å². The number of aryl methyl sites for hydroxylation is 2. The van der Waals surface area contributed by atoms with Gasteiger partial charge in [0.2, 0.25) is 5.91 Å². The van der Waals surface area contributed by atoms with Crippen LogP contribution in [0.15, 0.2) is 12.1 Å². The van der Waals surface area contributed by atoms with Gasteiger partial charge in [0, 0.05) is 25.3 Å². The van der Waals surface area contributed by atoms with E-state index in [2.05, 4.69) is 13.0 Å². The minimum absolute atomic E-state index is 0.123. The third kappa shape index (κ3) is 3.31. The fourth-order valence-corrected chi connectivity index (χ4v) is 4.69. The van der Waals surface area contributed by atoms with Gasteiger partial charge in [-0.1, -0.05) is 6.07 Å². The van der Waals surface area contributed by atoms with Crippen LogP contribution in [-0.2, 0) is 14.3 Å². The Morgan fingerprint density at radius 2 is 1.81 bits per heavy atom. The van der Waals surface area contributed by atoms with Crippen molar-refractivity contribution < 1.29 is 24.2 Å². The number of hydrogen-bond donors (Lipinski definition) is 1. The predicted octanol–water partition coefficient (Wildman–Crippen LogP) is 2.51. The number of amides is 1. The number of carbonyl (C=O) groups excluding carboxylic acids is 1. The molecule has 4 rings (SSSR count). The number of benzene rings is 1. The molecule has 1 aromatic rings. The maximum atomic E-state index is 13.1. The average molecular weight is 373 g/mol. The molecule has 6 heteroatoms. The Morgan fingerprint density at radius 1 is 1.11 bits per heavy atom. The molecule has 6 nitrogen and oxygen atoms in total. The highest BCUT2D eigenvalue weighted by atomic mass is 16.5. The van der Waals surface area contributed by atoms with Gasteiger partial charge in [0.05, 0.1) is 12.0 Å². The maximum absolute atomic E-state index is 13.1. The molecule has 0 bridgehead atoms. The van der Waals surface area contributed by atoms with Gasteiger partial charge in [-0.2, -0.15) is 0 Å². The van der Waals surface area contributed by atoms with Gasteiger partial charge >= 0.3 is 5.97 Å². The molecule has 0 saturated carbocycles. The first-order valence-electron chi connectivity index (χ1n) is 9.83. The van der Waals surface area contributed by atoms with E-state index in [-0.39, 0.29) is 23.8 Å². The van der Waals surface area contributed by atoms with E-state index in [4.69, 9.17) is 9.47 Å². The van der Waals surface area contributed by atoms with Gasteiger partial charge in [-0.05, 0) is 56.2 Å². The van der Waals surface area contributed by atoms with Crippen molar-refractivity contribution in [2.45, 2.75) is 45.1 Å². The van der Waals surface area contributed by atoms with Crippen molar-refractivity contribution in [1.82, 2.24) is 4.90 Å². The molecular formula is C21H27NO5. The van der Waals surface area contributed by atoms with E-state index in [1.54, 1.807) is 0 Å². The minimum Gasteiger partial charge on any atom is -0.492 e. The normalized spacial score (nSPS) is 28.1. The Hall–Kier alpha value is -2.08. The van der Waals surface area contributed by atoms with Crippen LogP contribution in [0.4, 0.5) is 0 Å². The van der Waals surface area contributed by atoms with E-state index in [9.17, 15) is 14.7 Å². The fourth-order valence-electron chi connectivity index (χ4n) is 4.69. The summed E-state index contributed by atoms with van der Waals surface area (Å²) in [5, 5.41) is 9.37. The first-order chi connectivity index (χ1) is 13.0. The van der Waals surface area contributed by atoms with Crippen molar-refractivity contribution in [3.63, 3.8) is 0 Å². The number of aliphatic carboxylic acids is 1. The van der Waals surface area contributed by atoms with Crippen molar-refractivity contribution in [3.8, 4) is 5.75 Å². The lowest BCUT2D eigenvalue weighted by molar-refractivity contribution is -0.146. The van der Waals surface area contributed by atoms with Gasteiger partial charge in [0.1, 0.15) is 18.3 Å². The summed E-state index contributed by atoms with van der Waals surface area (Å²) in [6.07, 6.45) is 1.98. The molecule has 0 aliphatic carbocycles. The summed E-state index contributed by atoms with van der Waals surface area (Å²) < 4.78 is 11.5. The van der Waals surface area contributed by atoms with Crippen molar-refractivity contribution >= 4 is 11.9 Å². The molecule has 1 N–H and O–H groups in total. The second-order valence-corrected chi connectivity index (χ2v) is 8.07. The molecule has 2 unspecified atom stereocenters. The SMILES string of the molecule is Cc1cc2c(cc1C)C(C(=O)N1CCC([C@@H]3OCCC3C(=O)O)CC1)CO2. The van der Waals surface area contributed by atoms with Crippen molar-refractivity contribution in [2.24, 2.45) is 11.8 Å². The monoisotopic (exact) mass is 373 g/mol. The molecule has 3 aliphatic rings. The van der Waals surface area contributed by atoms with E-state index in [1.807, 2.05) is 17.9 Å². The molecule has 2 fully saturated rings. The Bertz CT molecular complexity index is 753. The van der Waals surface area contributed by atoms with Crippen LogP contribution < -0.4 is 4.74 Å². The lowest BCUT2D eigenvalue weighted by Gasteiger charge is -2.36. The standard InChI is InChI=1S/C21H27NO5/c1-12-9-16-17(11-27-18(16)10-13(12)2)20(23)22-6-3-14(4-7-22)19-15(21(24)25)5-8-26-19/h9-10,14-15,17,19H,3-8,11H2,1-2H3,(H,24,25)/t15?,17?,19-/m0/s1. The molecule has 0 radical (unpaired) electrons. The summed E-state index contributed by atoms with van der Waals surface area (Å²) in [7, 11) is 0. The lowest BCUT2D eigenvalue weighted by Crippen LogP contribution is -2.45. The van der Waals surface area contributed by atoms with Gasteiger partial charge in [-0.25, -0.2) is 0 Å². The van der Waals surface area contributed by atoms with E-state index in [0.29, 0.717) is 32.7 Å². The highest BCUT2D eigenvalue weighted by Crippen LogP contribution is 2.38. The minimum atomic E-state index is -0.763. The number of hydrogen-bond acceptors (Lipinski definition) is 4. The summed E-state index contributed by atoms with van der Waals surface area (Å²) in [6.45, 7) is 6.36. The summed E-state index contributed by atoms with van der Waals surface area (Å²) >= 11 is 0. The van der Waals surface area contributed by atoms with Crippen LogP contribution in [-0.4, -0.2) is 54.3 Å². The zero-order valence-electron chi connectivity index (χ0n) is 15.9. The summed E-state index contributed by atoms with van der Waals surface area (Å²) in [6, 6.07) is 4.10. The van der Waals surface area contributed by atoms with Gasteiger partial charge in [-0.3, -0.25) is 9.59 Å². The van der Waals surface area contributed by atoms with Crippen LogP contribution in [0, 0.1) is 25.7 Å². The molecule has 0 spiro atoms. The molecule has 1 amide bonds. The number of likely N-dealkylation sites (tertiary alicyclic amines) is 1. The predicted molar refractivity (Wildman–Crippen MR) is 98.9 cm³/mol. The summed E-state index contributed by atoms with van der Waals surface area (Å²) in [4.78, 5) is 26.4. The van der Waals surface area contributed by atoms with Crippen LogP contribution in [0.1, 0.15) is 41.9 Å². The highest BCUT2D eigenvalue weighted by Gasteiger charge is 2.42. The molecule has 3 atom stereocenters. The van der Waals surface area contributed by atoms with Gasteiger partial charge in [0.25, 0.3) is 0 Å². The fraction of sp³-hybridized carbons (Fsp3) is 0.619. The molecule has 3 heterocycles. The Morgan fingerprint density at radius 3 is 2.52 bits per heavy atom. The zero-order chi connectivity index (χ0) is 19.1. The van der Waals surface area contributed by atoms with Crippen LogP contribution in [0.3, 0.4) is 0 Å². The van der Waals surface area contributed by atoms with E-state index in [1.165, 1.54) is 11.1 Å². The highest BCUT2D eigenvalue weighted by molar-refractivity contribution is 5.86. The number of rotatable bonds is 3. The Balaban J connectivity index is 1.40. The number of ether oxygens (including phenoxy) is 2. The number of carboxylic acid groups (broad SMARTS) is 1. The number of nitrogens with zero attached hydrogens (tertiary/aromatic N) is 1. The first kappa shape index (κ1) is 18.3. The van der Waals surface area contributed by atoms with E-state index in [0.717, 1.165) is 24.2 Å². The van der Waals surface area contributed by atoms with E-state index < -0.39 is 11.9 Å². The third-order valence-electron chi connectivity index (χ3n) is 6.47. The van der Waals surface area contributed by atoms with Crippen molar-refractivity contribution in [1.29, 1.82) is 0 Å². The summed E-state index contributed by atoms with van der Waals surface area (Å²) in [5.41, 5.74) is 3.34. The van der Waals surface area contributed by atoms with Crippen LogP contribution in [0.5, 0.6) is 5.75 Å². The number of carboxylic acids is 1. The number of carbonyl (C=O) groups is 2. The largest absolute Gasteiger partial charge is 0.492 e. The molecule has 0 aromatic heterocycles. The number of piperidine rings is 1. The second kappa shape index (κ2) is 7.15. The van der Waals surface area contributed by atoms with Gasteiger partial charge in [0.15, 0.2) is 0 Å².